The lowest BCUT2D eigenvalue weighted by atomic mass is 10.3. The molecule has 0 heterocycles. The van der Waals surface area contributed by atoms with Crippen LogP contribution in [-0.2, 0) is 38.1 Å². The molecule has 0 fully saturated rings. The van der Waals surface area contributed by atoms with Crippen molar-refractivity contribution in [1.29, 1.82) is 0 Å². The quantitative estimate of drug-likeness (QED) is 0.354. The molecule has 0 amide bonds. The van der Waals surface area contributed by atoms with Crippen LogP contribution in [0.1, 0.15) is 19.8 Å². The Morgan fingerprint density at radius 3 is 1.81 bits per heavy atom. The van der Waals surface area contributed by atoms with Crippen LogP contribution in [0, 0.1) is 0 Å². The van der Waals surface area contributed by atoms with E-state index in [9.17, 15) is 19.2 Å². The van der Waals surface area contributed by atoms with E-state index in [1.165, 1.54) is 21.1 Å². The second-order valence-electron chi connectivity index (χ2n) is 3.78. The summed E-state index contributed by atoms with van der Waals surface area (Å²) in [6.07, 6.45) is 0.801. The van der Waals surface area contributed by atoms with Crippen molar-refractivity contribution in [3.63, 3.8) is 0 Å². The topological polar surface area (TPSA) is 105 Å². The molecule has 0 spiro atoms. The molecular formula is C13H18O8. The molecule has 0 saturated heterocycles. The molecule has 8 nitrogen and oxygen atoms in total. The van der Waals surface area contributed by atoms with Gasteiger partial charge in [-0.25, -0.2) is 9.59 Å². The van der Waals surface area contributed by atoms with Crippen LogP contribution in [0.25, 0.3) is 0 Å². The Bertz CT molecular complexity index is 424. The third-order valence-corrected chi connectivity index (χ3v) is 2.20. The van der Waals surface area contributed by atoms with Crippen LogP contribution in [0.5, 0.6) is 0 Å². The first-order chi connectivity index (χ1) is 9.90. The van der Waals surface area contributed by atoms with E-state index in [1.54, 1.807) is 0 Å². The van der Waals surface area contributed by atoms with Gasteiger partial charge in [0.15, 0.2) is 0 Å². The zero-order valence-electron chi connectivity index (χ0n) is 12.2. The largest absolute Gasteiger partial charge is 0.469 e. The van der Waals surface area contributed by atoms with Gasteiger partial charge in [-0.15, -0.1) is 0 Å². The summed E-state index contributed by atoms with van der Waals surface area (Å²) in [6, 6.07) is 0. The van der Waals surface area contributed by atoms with Gasteiger partial charge in [0, 0.05) is 11.6 Å². The number of hydrogen-bond acceptors (Lipinski definition) is 8. The summed E-state index contributed by atoms with van der Waals surface area (Å²) in [5, 5.41) is 0. The molecule has 0 aromatic carbocycles. The van der Waals surface area contributed by atoms with E-state index in [2.05, 4.69) is 9.47 Å². The molecule has 0 aromatic rings. The highest BCUT2D eigenvalue weighted by molar-refractivity contribution is 5.95. The van der Waals surface area contributed by atoms with Gasteiger partial charge < -0.3 is 18.9 Å². The first kappa shape index (κ1) is 18.6. The Labute approximate surface area is 122 Å². The van der Waals surface area contributed by atoms with E-state index in [0.717, 1.165) is 6.08 Å². The minimum absolute atomic E-state index is 0.0166. The Morgan fingerprint density at radius 1 is 0.857 bits per heavy atom. The first-order valence-corrected chi connectivity index (χ1v) is 6.06. The average Bonchev–Trinajstić information content (AvgIpc) is 2.46. The fourth-order valence-electron chi connectivity index (χ4n) is 1.06. The number of carbonyl (C=O) groups excluding carboxylic acids is 4. The van der Waals surface area contributed by atoms with Gasteiger partial charge in [0.25, 0.3) is 0 Å². The minimum atomic E-state index is -0.777. The molecule has 8 heteroatoms. The fourth-order valence-corrected chi connectivity index (χ4v) is 1.06. The van der Waals surface area contributed by atoms with Crippen molar-refractivity contribution in [3.8, 4) is 0 Å². The van der Waals surface area contributed by atoms with Crippen molar-refractivity contribution in [1.82, 2.24) is 0 Å². The summed E-state index contributed by atoms with van der Waals surface area (Å²) in [5.74, 6) is -2.54. The van der Waals surface area contributed by atoms with E-state index in [4.69, 9.17) is 9.47 Å². The van der Waals surface area contributed by atoms with Crippen molar-refractivity contribution in [2.24, 2.45) is 0 Å². The molecule has 21 heavy (non-hydrogen) atoms. The number of esters is 4. The predicted octanol–water partition coefficient (Wildman–Crippen LogP) is 0.145. The van der Waals surface area contributed by atoms with Crippen molar-refractivity contribution in [2.75, 3.05) is 27.4 Å². The maximum Gasteiger partial charge on any atom is 0.333 e. The number of ether oxygens (including phenoxy) is 4. The Hall–Kier alpha value is -2.38. The van der Waals surface area contributed by atoms with E-state index in [0.29, 0.717) is 0 Å². The normalized spacial score (nSPS) is 10.5. The minimum Gasteiger partial charge on any atom is -0.469 e. The smallest absolute Gasteiger partial charge is 0.333 e. The maximum atomic E-state index is 11.5. The second kappa shape index (κ2) is 10.4. The molecule has 0 rings (SSSR count). The second-order valence-corrected chi connectivity index (χ2v) is 3.78. The lowest BCUT2D eigenvalue weighted by molar-refractivity contribution is -0.147. The maximum absolute atomic E-state index is 11.5. The van der Waals surface area contributed by atoms with Crippen LogP contribution in [0.15, 0.2) is 11.6 Å². The standard InChI is InChI=1S/C13H18O8/c1-9(13(17)21-7-5-11(15)19-3)8-12(16)20-6-4-10(14)18-2/h8H,4-7H2,1-3H3/b9-8-. The summed E-state index contributed by atoms with van der Waals surface area (Å²) in [4.78, 5) is 44.4. The van der Waals surface area contributed by atoms with Crippen LogP contribution in [-0.4, -0.2) is 51.3 Å². The number of methoxy groups -OCH3 is 2. The highest BCUT2D eigenvalue weighted by Crippen LogP contribution is 2.00. The molecule has 0 atom stereocenters. The van der Waals surface area contributed by atoms with Crippen molar-refractivity contribution in [2.45, 2.75) is 19.8 Å². The van der Waals surface area contributed by atoms with Gasteiger partial charge in [0.1, 0.15) is 13.2 Å². The van der Waals surface area contributed by atoms with E-state index in [1.807, 2.05) is 0 Å². The van der Waals surface area contributed by atoms with Crippen LogP contribution in [0.2, 0.25) is 0 Å². The predicted molar refractivity (Wildman–Crippen MR) is 68.9 cm³/mol. The molecule has 0 unspecified atom stereocenters. The molecule has 0 bridgehead atoms. The molecular weight excluding hydrogens is 284 g/mol. The van der Waals surface area contributed by atoms with Crippen LogP contribution < -0.4 is 0 Å². The van der Waals surface area contributed by atoms with Gasteiger partial charge in [-0.05, 0) is 6.92 Å². The van der Waals surface area contributed by atoms with Gasteiger partial charge in [-0.2, -0.15) is 0 Å². The third-order valence-electron chi connectivity index (χ3n) is 2.20. The molecule has 118 valence electrons. The Morgan fingerprint density at radius 2 is 1.33 bits per heavy atom. The Kier molecular flexibility index (Phi) is 9.23. The van der Waals surface area contributed by atoms with Crippen LogP contribution in [0.3, 0.4) is 0 Å². The van der Waals surface area contributed by atoms with Crippen LogP contribution in [0.4, 0.5) is 0 Å². The summed E-state index contributed by atoms with van der Waals surface area (Å²) >= 11 is 0. The highest BCUT2D eigenvalue weighted by Gasteiger charge is 2.11. The SMILES string of the molecule is COC(=O)CCOC(=O)/C=C(/C)C(=O)OCCC(=O)OC. The molecule has 0 saturated carbocycles. The molecule has 0 aliphatic carbocycles. The van der Waals surface area contributed by atoms with E-state index >= 15 is 0 Å². The van der Waals surface area contributed by atoms with Gasteiger partial charge >= 0.3 is 23.9 Å². The zero-order valence-corrected chi connectivity index (χ0v) is 12.2. The molecule has 0 aromatic heterocycles. The Balaban J connectivity index is 4.08. The summed E-state index contributed by atoms with van der Waals surface area (Å²) < 4.78 is 18.2. The average molecular weight is 302 g/mol. The summed E-state index contributed by atoms with van der Waals surface area (Å²) in [7, 11) is 2.44. The van der Waals surface area contributed by atoms with E-state index in [-0.39, 0.29) is 31.6 Å². The van der Waals surface area contributed by atoms with Crippen molar-refractivity contribution in [3.05, 3.63) is 11.6 Å². The van der Waals surface area contributed by atoms with Crippen molar-refractivity contribution >= 4 is 23.9 Å². The lowest BCUT2D eigenvalue weighted by Gasteiger charge is -2.04. The highest BCUT2D eigenvalue weighted by atomic mass is 16.6. The van der Waals surface area contributed by atoms with Gasteiger partial charge in [-0.1, -0.05) is 0 Å². The number of rotatable bonds is 8. The third kappa shape index (κ3) is 9.20. The monoisotopic (exact) mass is 302 g/mol. The molecule has 0 aliphatic rings. The fraction of sp³-hybridized carbons (Fsp3) is 0.538. The zero-order chi connectivity index (χ0) is 16.3. The number of hydrogen-bond donors (Lipinski definition) is 0. The molecule has 0 aliphatic heterocycles. The van der Waals surface area contributed by atoms with E-state index < -0.39 is 23.9 Å². The van der Waals surface area contributed by atoms with Gasteiger partial charge in [0.05, 0.1) is 27.1 Å². The van der Waals surface area contributed by atoms with Gasteiger partial charge in [0.2, 0.25) is 0 Å². The summed E-state index contributed by atoms with van der Waals surface area (Å²) in [5.41, 5.74) is 0.0166. The summed E-state index contributed by atoms with van der Waals surface area (Å²) in [6.45, 7) is 1.07. The van der Waals surface area contributed by atoms with Crippen LogP contribution >= 0.6 is 0 Å². The van der Waals surface area contributed by atoms with Gasteiger partial charge in [-0.3, -0.25) is 9.59 Å². The molecule has 0 radical (unpaired) electrons. The lowest BCUT2D eigenvalue weighted by Crippen LogP contribution is -2.13. The number of carbonyl (C=O) groups is 4. The van der Waals surface area contributed by atoms with Crippen molar-refractivity contribution < 1.29 is 38.1 Å². The first-order valence-electron chi connectivity index (χ1n) is 6.06. The molecule has 0 N–H and O–H groups in total.